The quantitative estimate of drug-likeness (QED) is 0.691. The summed E-state index contributed by atoms with van der Waals surface area (Å²) in [5.41, 5.74) is 4.39. The smallest absolute Gasteiger partial charge is 0.316 e. The third-order valence-electron chi connectivity index (χ3n) is 2.12. The first kappa shape index (κ1) is 11.4. The zero-order valence-electron chi connectivity index (χ0n) is 8.51. The lowest BCUT2D eigenvalue weighted by Gasteiger charge is -2.19. The van der Waals surface area contributed by atoms with Crippen LogP contribution in [0.3, 0.4) is 0 Å². The van der Waals surface area contributed by atoms with Crippen molar-refractivity contribution in [2.24, 2.45) is 17.6 Å². The number of carbonyl (C=O) groups is 1. The second-order valence-electron chi connectivity index (χ2n) is 4.53. The molecule has 1 rings (SSSR count). The molecule has 0 heterocycles. The number of alkyl halides is 2. The van der Waals surface area contributed by atoms with Crippen molar-refractivity contribution in [3.8, 4) is 0 Å². The molecule has 1 aliphatic rings. The lowest BCUT2D eigenvalue weighted by molar-refractivity contribution is -0.159. The first-order chi connectivity index (χ1) is 6.20. The van der Waals surface area contributed by atoms with E-state index in [-0.39, 0.29) is 6.54 Å². The summed E-state index contributed by atoms with van der Waals surface area (Å²) >= 11 is 0. The maximum absolute atomic E-state index is 12.9. The van der Waals surface area contributed by atoms with Crippen LogP contribution in [0, 0.1) is 11.8 Å². The second-order valence-corrected chi connectivity index (χ2v) is 4.53. The Bertz CT molecular complexity index is 248. The number of esters is 1. The molecular formula is C9H15F2NO2. The molecule has 0 aromatic rings. The summed E-state index contributed by atoms with van der Waals surface area (Å²) in [5.74, 6) is -6.21. The Morgan fingerprint density at radius 3 is 2.29 bits per heavy atom. The van der Waals surface area contributed by atoms with Crippen molar-refractivity contribution < 1.29 is 18.3 Å². The monoisotopic (exact) mass is 207 g/mol. The summed E-state index contributed by atoms with van der Waals surface area (Å²) in [6, 6.07) is 0. The summed E-state index contributed by atoms with van der Waals surface area (Å²) < 4.78 is 30.7. The van der Waals surface area contributed by atoms with E-state index >= 15 is 0 Å². The van der Waals surface area contributed by atoms with Gasteiger partial charge in [-0.1, -0.05) is 0 Å². The third-order valence-corrected chi connectivity index (χ3v) is 2.12. The molecule has 0 aromatic heterocycles. The van der Waals surface area contributed by atoms with Crippen LogP contribution >= 0.6 is 0 Å². The molecule has 1 fully saturated rings. The molecule has 14 heavy (non-hydrogen) atoms. The number of carbonyl (C=O) groups excluding carboxylic acids is 1. The number of nitrogens with two attached hydrogens (primary N) is 1. The van der Waals surface area contributed by atoms with Crippen molar-refractivity contribution in [3.05, 3.63) is 0 Å². The van der Waals surface area contributed by atoms with E-state index in [1.165, 1.54) is 0 Å². The highest BCUT2D eigenvalue weighted by Gasteiger charge is 2.72. The molecule has 0 aliphatic heterocycles. The number of ether oxygens (including phenoxy) is 1. The lowest BCUT2D eigenvalue weighted by Crippen LogP contribution is -2.26. The molecule has 0 spiro atoms. The highest BCUT2D eigenvalue weighted by molar-refractivity contribution is 5.78. The molecule has 0 bridgehead atoms. The van der Waals surface area contributed by atoms with Gasteiger partial charge in [0.2, 0.25) is 0 Å². The Kier molecular flexibility index (Phi) is 2.56. The zero-order valence-corrected chi connectivity index (χ0v) is 8.51. The third kappa shape index (κ3) is 2.03. The predicted molar refractivity (Wildman–Crippen MR) is 46.8 cm³/mol. The van der Waals surface area contributed by atoms with E-state index < -0.39 is 29.3 Å². The SMILES string of the molecule is CC(C)(C)OC(=O)C1C(CN)C1(F)F. The Hall–Kier alpha value is -0.710. The van der Waals surface area contributed by atoms with Crippen LogP contribution in [0.1, 0.15) is 20.8 Å². The van der Waals surface area contributed by atoms with Crippen molar-refractivity contribution in [3.63, 3.8) is 0 Å². The van der Waals surface area contributed by atoms with Crippen LogP contribution in [0.15, 0.2) is 0 Å². The fourth-order valence-corrected chi connectivity index (χ4v) is 1.37. The highest BCUT2D eigenvalue weighted by atomic mass is 19.3. The molecule has 1 aliphatic carbocycles. The minimum absolute atomic E-state index is 0.184. The average Bonchev–Trinajstić information content (AvgIpc) is 2.48. The summed E-state index contributed by atoms with van der Waals surface area (Å²) in [7, 11) is 0. The summed E-state index contributed by atoms with van der Waals surface area (Å²) in [4.78, 5) is 11.2. The van der Waals surface area contributed by atoms with Gasteiger partial charge in [0.25, 0.3) is 5.92 Å². The van der Waals surface area contributed by atoms with Gasteiger partial charge >= 0.3 is 5.97 Å². The first-order valence-electron chi connectivity index (χ1n) is 4.51. The molecule has 2 N–H and O–H groups in total. The molecule has 5 heteroatoms. The van der Waals surface area contributed by atoms with Crippen molar-refractivity contribution in [2.45, 2.75) is 32.3 Å². The number of halogens is 2. The van der Waals surface area contributed by atoms with Crippen LogP contribution in [-0.4, -0.2) is 24.0 Å². The standard InChI is InChI=1S/C9H15F2NO2/c1-8(2,3)14-7(13)6-5(4-12)9(6,10)11/h5-6H,4,12H2,1-3H3. The van der Waals surface area contributed by atoms with Crippen molar-refractivity contribution >= 4 is 5.97 Å². The van der Waals surface area contributed by atoms with Crippen molar-refractivity contribution in [2.75, 3.05) is 6.54 Å². The Morgan fingerprint density at radius 1 is 1.50 bits per heavy atom. The van der Waals surface area contributed by atoms with E-state index in [4.69, 9.17) is 10.5 Å². The number of hydrogen-bond acceptors (Lipinski definition) is 3. The summed E-state index contributed by atoms with van der Waals surface area (Å²) in [6.45, 7) is 4.74. The fourth-order valence-electron chi connectivity index (χ4n) is 1.37. The maximum atomic E-state index is 12.9. The van der Waals surface area contributed by atoms with Gasteiger partial charge in [-0.25, -0.2) is 8.78 Å². The second kappa shape index (κ2) is 3.15. The Morgan fingerprint density at radius 2 is 2.00 bits per heavy atom. The van der Waals surface area contributed by atoms with Crippen LogP contribution in [0.4, 0.5) is 8.78 Å². The number of hydrogen-bond donors (Lipinski definition) is 1. The minimum atomic E-state index is -2.98. The lowest BCUT2D eigenvalue weighted by atomic mass is 10.2. The van der Waals surface area contributed by atoms with Crippen LogP contribution in [0.25, 0.3) is 0 Å². The van der Waals surface area contributed by atoms with E-state index in [1.54, 1.807) is 20.8 Å². The van der Waals surface area contributed by atoms with E-state index in [0.717, 1.165) is 0 Å². The Balaban J connectivity index is 2.57. The highest BCUT2D eigenvalue weighted by Crippen LogP contribution is 2.55. The van der Waals surface area contributed by atoms with Gasteiger partial charge in [0.15, 0.2) is 0 Å². The van der Waals surface area contributed by atoms with E-state index in [9.17, 15) is 13.6 Å². The van der Waals surface area contributed by atoms with Crippen LogP contribution in [0.2, 0.25) is 0 Å². The topological polar surface area (TPSA) is 52.3 Å². The minimum Gasteiger partial charge on any atom is -0.460 e. The van der Waals surface area contributed by atoms with Gasteiger partial charge in [0.1, 0.15) is 11.5 Å². The summed E-state index contributed by atoms with van der Waals surface area (Å²) in [6.07, 6.45) is 0. The summed E-state index contributed by atoms with van der Waals surface area (Å²) in [5, 5.41) is 0. The van der Waals surface area contributed by atoms with Crippen LogP contribution < -0.4 is 5.73 Å². The molecule has 0 saturated heterocycles. The van der Waals surface area contributed by atoms with Gasteiger partial charge in [-0.15, -0.1) is 0 Å². The van der Waals surface area contributed by atoms with Gasteiger partial charge in [0.05, 0.1) is 5.92 Å². The molecule has 2 atom stereocenters. The number of rotatable bonds is 2. The molecule has 82 valence electrons. The molecule has 0 radical (unpaired) electrons. The van der Waals surface area contributed by atoms with Crippen molar-refractivity contribution in [1.29, 1.82) is 0 Å². The zero-order chi connectivity index (χ0) is 11.1. The van der Waals surface area contributed by atoms with Gasteiger partial charge < -0.3 is 10.5 Å². The fraction of sp³-hybridized carbons (Fsp3) is 0.889. The largest absolute Gasteiger partial charge is 0.460 e. The van der Waals surface area contributed by atoms with E-state index in [1.807, 2.05) is 0 Å². The molecule has 0 aromatic carbocycles. The van der Waals surface area contributed by atoms with Gasteiger partial charge in [0, 0.05) is 6.54 Å². The molecule has 3 nitrogen and oxygen atoms in total. The van der Waals surface area contributed by atoms with Gasteiger partial charge in [-0.2, -0.15) is 0 Å². The van der Waals surface area contributed by atoms with Gasteiger partial charge in [-0.3, -0.25) is 4.79 Å². The van der Waals surface area contributed by atoms with E-state index in [2.05, 4.69) is 0 Å². The van der Waals surface area contributed by atoms with E-state index in [0.29, 0.717) is 0 Å². The molecule has 0 amide bonds. The van der Waals surface area contributed by atoms with Crippen LogP contribution in [-0.2, 0) is 9.53 Å². The molecular weight excluding hydrogens is 192 g/mol. The molecule has 2 unspecified atom stereocenters. The molecule has 1 saturated carbocycles. The van der Waals surface area contributed by atoms with Crippen molar-refractivity contribution in [1.82, 2.24) is 0 Å². The Labute approximate surface area is 81.6 Å². The maximum Gasteiger partial charge on any atom is 0.316 e. The van der Waals surface area contributed by atoms with Crippen LogP contribution in [0.5, 0.6) is 0 Å². The predicted octanol–water partition coefficient (Wildman–Crippen LogP) is 1.17. The average molecular weight is 207 g/mol. The first-order valence-corrected chi connectivity index (χ1v) is 4.51. The van der Waals surface area contributed by atoms with Gasteiger partial charge in [-0.05, 0) is 20.8 Å². The normalized spacial score (nSPS) is 29.9.